The quantitative estimate of drug-likeness (QED) is 0.889. The predicted molar refractivity (Wildman–Crippen MR) is 93.1 cm³/mol. The molecule has 25 heavy (non-hydrogen) atoms. The molecule has 0 saturated carbocycles. The molecule has 1 aromatic carbocycles. The third-order valence-corrected chi connectivity index (χ3v) is 4.80. The van der Waals surface area contributed by atoms with E-state index in [0.717, 1.165) is 29.7 Å². The van der Waals surface area contributed by atoms with E-state index in [1.165, 1.54) is 0 Å². The number of carbonyl (C=O) groups excluding carboxylic acids is 1. The van der Waals surface area contributed by atoms with Crippen LogP contribution < -0.4 is 4.90 Å². The minimum Gasteiger partial charge on any atom is -0.481 e. The van der Waals surface area contributed by atoms with Crippen LogP contribution in [0.1, 0.15) is 44.7 Å². The van der Waals surface area contributed by atoms with E-state index in [2.05, 4.69) is 0 Å². The van der Waals surface area contributed by atoms with E-state index in [4.69, 9.17) is 9.47 Å². The molecular formula is C19H25NO5. The second-order valence-electron chi connectivity index (χ2n) is 7.77. The largest absolute Gasteiger partial charge is 0.481 e. The fourth-order valence-electron chi connectivity index (χ4n) is 3.49. The van der Waals surface area contributed by atoms with E-state index in [9.17, 15) is 14.7 Å². The van der Waals surface area contributed by atoms with Crippen LogP contribution in [-0.4, -0.2) is 42.5 Å². The lowest BCUT2D eigenvalue weighted by molar-refractivity contribution is -0.143. The Balaban J connectivity index is 1.93. The van der Waals surface area contributed by atoms with Crippen LogP contribution in [0.2, 0.25) is 0 Å². The van der Waals surface area contributed by atoms with Gasteiger partial charge in [0, 0.05) is 13.2 Å². The van der Waals surface area contributed by atoms with Gasteiger partial charge < -0.3 is 14.6 Å². The van der Waals surface area contributed by atoms with Gasteiger partial charge in [-0.15, -0.1) is 0 Å². The molecule has 2 heterocycles. The van der Waals surface area contributed by atoms with Crippen LogP contribution in [0.15, 0.2) is 18.2 Å². The first-order valence-corrected chi connectivity index (χ1v) is 8.68. The number of fused-ring (bicyclic) bond motifs is 1. The minimum absolute atomic E-state index is 0.191. The van der Waals surface area contributed by atoms with Crippen LogP contribution in [0, 0.1) is 0 Å². The standard InChI is InChI=1S/C19H25NO5/c1-18(2,3)25-17(23)20-9-4-5-13-11-14(6-7-15(13)20)19(16(21)22)8-10-24-12-19/h6-7,11H,4-5,8-10,12H2,1-3H3,(H,21,22). The molecule has 1 unspecified atom stereocenters. The molecule has 1 atom stereocenters. The summed E-state index contributed by atoms with van der Waals surface area (Å²) in [4.78, 5) is 26.0. The van der Waals surface area contributed by atoms with Crippen molar-refractivity contribution in [2.75, 3.05) is 24.7 Å². The molecule has 1 amide bonds. The van der Waals surface area contributed by atoms with Crippen molar-refractivity contribution in [3.63, 3.8) is 0 Å². The molecule has 6 heteroatoms. The lowest BCUT2D eigenvalue weighted by Gasteiger charge is -2.33. The molecule has 1 saturated heterocycles. The number of rotatable bonds is 2. The summed E-state index contributed by atoms with van der Waals surface area (Å²) in [5.41, 5.74) is 1.01. The Morgan fingerprint density at radius 1 is 1.32 bits per heavy atom. The van der Waals surface area contributed by atoms with E-state index < -0.39 is 17.0 Å². The van der Waals surface area contributed by atoms with Crippen LogP contribution in [0.3, 0.4) is 0 Å². The zero-order chi connectivity index (χ0) is 18.2. The zero-order valence-electron chi connectivity index (χ0n) is 15.0. The van der Waals surface area contributed by atoms with Crippen molar-refractivity contribution in [3.8, 4) is 0 Å². The average molecular weight is 347 g/mol. The third-order valence-electron chi connectivity index (χ3n) is 4.80. The average Bonchev–Trinajstić information content (AvgIpc) is 3.03. The number of carboxylic acids is 1. The molecule has 3 rings (SSSR count). The summed E-state index contributed by atoms with van der Waals surface area (Å²) in [6.45, 7) is 6.78. The Bertz CT molecular complexity index is 686. The summed E-state index contributed by atoms with van der Waals surface area (Å²) in [6, 6.07) is 5.58. The Morgan fingerprint density at radius 3 is 2.68 bits per heavy atom. The van der Waals surface area contributed by atoms with Gasteiger partial charge in [0.2, 0.25) is 0 Å². The molecule has 0 radical (unpaired) electrons. The Hall–Kier alpha value is -2.08. The number of carboxylic acid groups (broad SMARTS) is 1. The van der Waals surface area contributed by atoms with Crippen LogP contribution in [-0.2, 0) is 26.1 Å². The van der Waals surface area contributed by atoms with Crippen molar-refractivity contribution in [1.29, 1.82) is 0 Å². The summed E-state index contributed by atoms with van der Waals surface area (Å²) >= 11 is 0. The van der Waals surface area contributed by atoms with Crippen LogP contribution in [0.4, 0.5) is 10.5 Å². The monoisotopic (exact) mass is 347 g/mol. The number of carbonyl (C=O) groups is 2. The van der Waals surface area contributed by atoms with E-state index >= 15 is 0 Å². The predicted octanol–water partition coefficient (Wildman–Crippen LogP) is 3.12. The van der Waals surface area contributed by atoms with Crippen molar-refractivity contribution in [1.82, 2.24) is 0 Å². The highest BCUT2D eigenvalue weighted by atomic mass is 16.6. The first-order valence-electron chi connectivity index (χ1n) is 8.68. The van der Waals surface area contributed by atoms with Gasteiger partial charge >= 0.3 is 12.1 Å². The zero-order valence-corrected chi connectivity index (χ0v) is 15.0. The van der Waals surface area contributed by atoms with Crippen molar-refractivity contribution in [2.24, 2.45) is 0 Å². The number of benzene rings is 1. The van der Waals surface area contributed by atoms with Crippen molar-refractivity contribution < 1.29 is 24.2 Å². The van der Waals surface area contributed by atoms with Gasteiger partial charge in [-0.3, -0.25) is 9.69 Å². The summed E-state index contributed by atoms with van der Waals surface area (Å²) in [7, 11) is 0. The third kappa shape index (κ3) is 3.35. The van der Waals surface area contributed by atoms with Gasteiger partial charge in [0.15, 0.2) is 0 Å². The number of ether oxygens (including phenoxy) is 2. The van der Waals surface area contributed by atoms with Gasteiger partial charge in [-0.05, 0) is 57.2 Å². The molecule has 0 bridgehead atoms. The van der Waals surface area contributed by atoms with Gasteiger partial charge in [-0.25, -0.2) is 4.79 Å². The van der Waals surface area contributed by atoms with E-state index in [-0.39, 0.29) is 12.7 Å². The minimum atomic E-state index is -0.983. The summed E-state index contributed by atoms with van der Waals surface area (Å²) < 4.78 is 10.9. The topological polar surface area (TPSA) is 76.1 Å². The smallest absolute Gasteiger partial charge is 0.414 e. The number of anilines is 1. The number of aliphatic carboxylic acids is 1. The molecule has 2 aliphatic heterocycles. The van der Waals surface area contributed by atoms with Crippen LogP contribution >= 0.6 is 0 Å². The lowest BCUT2D eigenvalue weighted by Crippen LogP contribution is -2.40. The normalized spacial score (nSPS) is 23.2. The molecule has 1 aromatic rings. The highest BCUT2D eigenvalue weighted by molar-refractivity contribution is 5.90. The fourth-order valence-corrected chi connectivity index (χ4v) is 3.49. The SMILES string of the molecule is CC(C)(C)OC(=O)N1CCCc2cc(C3(C(=O)O)CCOC3)ccc21. The Labute approximate surface area is 147 Å². The number of amides is 1. The van der Waals surface area contributed by atoms with Crippen LogP contribution in [0.5, 0.6) is 0 Å². The Kier molecular flexibility index (Phi) is 4.49. The van der Waals surface area contributed by atoms with E-state index in [1.54, 1.807) is 4.90 Å². The molecule has 1 fully saturated rings. The second kappa shape index (κ2) is 6.33. The molecule has 0 aliphatic carbocycles. The summed E-state index contributed by atoms with van der Waals surface area (Å²) in [5, 5.41) is 9.72. The van der Waals surface area contributed by atoms with Crippen molar-refractivity contribution in [3.05, 3.63) is 29.3 Å². The highest BCUT2D eigenvalue weighted by Gasteiger charge is 2.44. The molecule has 0 spiro atoms. The molecule has 6 nitrogen and oxygen atoms in total. The van der Waals surface area contributed by atoms with Gasteiger partial charge in [0.05, 0.1) is 12.3 Å². The maximum atomic E-state index is 12.5. The fraction of sp³-hybridized carbons (Fsp3) is 0.579. The lowest BCUT2D eigenvalue weighted by atomic mass is 9.78. The molecular weight excluding hydrogens is 322 g/mol. The number of hydrogen-bond acceptors (Lipinski definition) is 4. The molecule has 136 valence electrons. The summed E-state index contributed by atoms with van der Waals surface area (Å²) in [6.07, 6.45) is 1.75. The van der Waals surface area contributed by atoms with Crippen molar-refractivity contribution in [2.45, 2.75) is 51.0 Å². The summed E-state index contributed by atoms with van der Waals surface area (Å²) in [5.74, 6) is -0.857. The highest BCUT2D eigenvalue weighted by Crippen LogP contribution is 2.37. The number of hydrogen-bond donors (Lipinski definition) is 1. The first kappa shape index (κ1) is 17.7. The van der Waals surface area contributed by atoms with Gasteiger partial charge in [0.25, 0.3) is 0 Å². The van der Waals surface area contributed by atoms with Crippen LogP contribution in [0.25, 0.3) is 0 Å². The van der Waals surface area contributed by atoms with Crippen molar-refractivity contribution >= 4 is 17.7 Å². The molecule has 0 aromatic heterocycles. The Morgan fingerprint density at radius 2 is 2.08 bits per heavy atom. The maximum Gasteiger partial charge on any atom is 0.414 e. The maximum absolute atomic E-state index is 12.5. The first-order chi connectivity index (χ1) is 11.7. The molecule has 1 N–H and O–H groups in total. The van der Waals surface area contributed by atoms with Gasteiger partial charge in [0.1, 0.15) is 11.0 Å². The van der Waals surface area contributed by atoms with E-state index in [0.29, 0.717) is 19.6 Å². The van der Waals surface area contributed by atoms with E-state index in [1.807, 2.05) is 39.0 Å². The van der Waals surface area contributed by atoms with Gasteiger partial charge in [-0.1, -0.05) is 12.1 Å². The molecule has 2 aliphatic rings. The number of nitrogens with zero attached hydrogens (tertiary/aromatic N) is 1. The number of aryl methyl sites for hydroxylation is 1. The second-order valence-corrected chi connectivity index (χ2v) is 7.77. The van der Waals surface area contributed by atoms with Gasteiger partial charge in [-0.2, -0.15) is 0 Å².